The molecule has 2 heterocycles. The number of hydrogen-bond donors (Lipinski definition) is 1. The van der Waals surface area contributed by atoms with E-state index in [4.69, 9.17) is 0 Å². The average molecular weight is 225 g/mol. The first kappa shape index (κ1) is 9.77. The molecule has 0 aliphatic carbocycles. The zero-order valence-electron chi connectivity index (χ0n) is 9.33. The normalized spacial score (nSPS) is 10.6. The van der Waals surface area contributed by atoms with Crippen LogP contribution in [0.5, 0.6) is 0 Å². The molecule has 0 bridgehead atoms. The van der Waals surface area contributed by atoms with Gasteiger partial charge in [0.2, 0.25) is 5.95 Å². The van der Waals surface area contributed by atoms with Crippen LogP contribution in [-0.4, -0.2) is 26.9 Å². The van der Waals surface area contributed by atoms with Crippen LogP contribution in [0.4, 0.5) is 5.95 Å². The van der Waals surface area contributed by atoms with Gasteiger partial charge in [0.25, 0.3) is 0 Å². The van der Waals surface area contributed by atoms with Gasteiger partial charge in [-0.1, -0.05) is 30.3 Å². The van der Waals surface area contributed by atoms with E-state index < -0.39 is 0 Å². The molecule has 0 fully saturated rings. The molecule has 0 aliphatic heterocycles. The summed E-state index contributed by atoms with van der Waals surface area (Å²) in [7, 11) is 1.80. The van der Waals surface area contributed by atoms with Crippen molar-refractivity contribution in [1.82, 2.24) is 19.8 Å². The van der Waals surface area contributed by atoms with Gasteiger partial charge in [-0.25, -0.2) is 0 Å². The maximum absolute atomic E-state index is 4.51. The molecule has 84 valence electrons. The Balaban J connectivity index is 2.19. The van der Waals surface area contributed by atoms with E-state index in [1.54, 1.807) is 11.6 Å². The number of aromatic nitrogens is 4. The van der Waals surface area contributed by atoms with Crippen molar-refractivity contribution in [3.8, 4) is 11.3 Å². The minimum absolute atomic E-state index is 0.637. The zero-order chi connectivity index (χ0) is 11.7. The van der Waals surface area contributed by atoms with Crippen molar-refractivity contribution in [2.75, 3.05) is 12.4 Å². The molecule has 0 unspecified atom stereocenters. The molecular weight excluding hydrogens is 214 g/mol. The topological polar surface area (TPSA) is 55.1 Å². The summed E-state index contributed by atoms with van der Waals surface area (Å²) in [6, 6.07) is 13.9. The summed E-state index contributed by atoms with van der Waals surface area (Å²) in [4.78, 5) is 0. The maximum atomic E-state index is 4.51. The summed E-state index contributed by atoms with van der Waals surface area (Å²) in [5.41, 5.74) is 2.70. The zero-order valence-corrected chi connectivity index (χ0v) is 9.33. The fraction of sp³-hybridized carbons (Fsp3) is 0.0833. The number of nitrogens with zero attached hydrogens (tertiary/aromatic N) is 4. The number of anilines is 1. The van der Waals surface area contributed by atoms with Gasteiger partial charge in [-0.05, 0) is 12.1 Å². The number of fused-ring (bicyclic) bond motifs is 1. The Hall–Kier alpha value is -2.43. The molecule has 17 heavy (non-hydrogen) atoms. The molecule has 0 amide bonds. The van der Waals surface area contributed by atoms with Gasteiger partial charge >= 0.3 is 0 Å². The van der Waals surface area contributed by atoms with Crippen LogP contribution >= 0.6 is 0 Å². The van der Waals surface area contributed by atoms with Crippen molar-refractivity contribution in [2.45, 2.75) is 0 Å². The van der Waals surface area contributed by atoms with Gasteiger partial charge in [0, 0.05) is 12.6 Å². The van der Waals surface area contributed by atoms with Gasteiger partial charge in [0.1, 0.15) is 0 Å². The van der Waals surface area contributed by atoms with Crippen LogP contribution in [0.3, 0.4) is 0 Å². The minimum Gasteiger partial charge on any atom is -0.356 e. The van der Waals surface area contributed by atoms with Crippen molar-refractivity contribution in [3.05, 3.63) is 42.5 Å². The molecule has 0 spiro atoms. The molecule has 3 aromatic rings. The fourth-order valence-electron chi connectivity index (χ4n) is 1.71. The molecule has 1 aromatic carbocycles. The smallest absolute Gasteiger partial charge is 0.245 e. The van der Waals surface area contributed by atoms with E-state index in [-0.39, 0.29) is 0 Å². The minimum atomic E-state index is 0.637. The van der Waals surface area contributed by atoms with Gasteiger partial charge < -0.3 is 5.32 Å². The highest BCUT2D eigenvalue weighted by Crippen LogP contribution is 2.17. The van der Waals surface area contributed by atoms with Crippen molar-refractivity contribution >= 4 is 11.6 Å². The number of hydrogen-bond acceptors (Lipinski definition) is 4. The van der Waals surface area contributed by atoms with Crippen LogP contribution in [-0.2, 0) is 0 Å². The Morgan fingerprint density at radius 3 is 2.59 bits per heavy atom. The van der Waals surface area contributed by atoms with E-state index in [0.717, 1.165) is 16.9 Å². The van der Waals surface area contributed by atoms with Crippen LogP contribution in [0.1, 0.15) is 0 Å². The van der Waals surface area contributed by atoms with E-state index >= 15 is 0 Å². The number of rotatable bonds is 2. The van der Waals surface area contributed by atoms with E-state index in [0.29, 0.717) is 5.95 Å². The molecule has 0 radical (unpaired) electrons. The standard InChI is InChI=1S/C12H11N5/c1-13-12-15-14-11-8-7-10(16-17(11)12)9-5-3-2-4-6-9/h2-8H,1H3,(H,13,15). The second-order valence-corrected chi connectivity index (χ2v) is 3.63. The fourth-order valence-corrected chi connectivity index (χ4v) is 1.71. The first-order valence-electron chi connectivity index (χ1n) is 5.34. The largest absolute Gasteiger partial charge is 0.356 e. The Morgan fingerprint density at radius 2 is 1.82 bits per heavy atom. The summed E-state index contributed by atoms with van der Waals surface area (Å²) in [6.45, 7) is 0. The molecule has 1 N–H and O–H groups in total. The Kier molecular flexibility index (Phi) is 2.22. The molecule has 3 rings (SSSR count). The van der Waals surface area contributed by atoms with Crippen LogP contribution in [0.2, 0.25) is 0 Å². The van der Waals surface area contributed by atoms with Crippen LogP contribution in [0, 0.1) is 0 Å². The monoisotopic (exact) mass is 225 g/mol. The average Bonchev–Trinajstić information content (AvgIpc) is 2.81. The van der Waals surface area contributed by atoms with E-state index in [1.807, 2.05) is 42.5 Å². The summed E-state index contributed by atoms with van der Waals surface area (Å²) in [5, 5.41) is 15.5. The van der Waals surface area contributed by atoms with Gasteiger partial charge in [-0.2, -0.15) is 9.61 Å². The van der Waals surface area contributed by atoms with Crippen molar-refractivity contribution in [2.24, 2.45) is 0 Å². The molecule has 2 aromatic heterocycles. The van der Waals surface area contributed by atoms with Crippen LogP contribution < -0.4 is 5.32 Å². The van der Waals surface area contributed by atoms with Gasteiger partial charge in [-0.3, -0.25) is 0 Å². The summed E-state index contributed by atoms with van der Waals surface area (Å²) < 4.78 is 1.70. The molecular formula is C12H11N5. The molecule has 0 saturated carbocycles. The summed E-state index contributed by atoms with van der Waals surface area (Å²) >= 11 is 0. The lowest BCUT2D eigenvalue weighted by Crippen LogP contribution is -2.00. The number of nitrogens with one attached hydrogen (secondary N) is 1. The SMILES string of the molecule is CNc1nnc2ccc(-c3ccccc3)nn12. The van der Waals surface area contributed by atoms with E-state index in [2.05, 4.69) is 20.6 Å². The van der Waals surface area contributed by atoms with Crippen molar-refractivity contribution in [3.63, 3.8) is 0 Å². The Labute approximate surface area is 98.1 Å². The third-order valence-electron chi connectivity index (χ3n) is 2.56. The van der Waals surface area contributed by atoms with Crippen molar-refractivity contribution in [1.29, 1.82) is 0 Å². The quantitative estimate of drug-likeness (QED) is 0.723. The highest BCUT2D eigenvalue weighted by molar-refractivity contribution is 5.60. The highest BCUT2D eigenvalue weighted by atomic mass is 15.4. The molecule has 5 nitrogen and oxygen atoms in total. The predicted molar refractivity (Wildman–Crippen MR) is 65.8 cm³/mol. The third kappa shape index (κ3) is 1.61. The van der Waals surface area contributed by atoms with Gasteiger partial charge in [-0.15, -0.1) is 10.2 Å². The molecule has 0 atom stereocenters. The second-order valence-electron chi connectivity index (χ2n) is 3.63. The second kappa shape index (κ2) is 3.86. The lowest BCUT2D eigenvalue weighted by Gasteiger charge is -2.02. The molecule has 0 aliphatic rings. The summed E-state index contributed by atoms with van der Waals surface area (Å²) in [5.74, 6) is 0.637. The van der Waals surface area contributed by atoms with E-state index in [9.17, 15) is 0 Å². The summed E-state index contributed by atoms with van der Waals surface area (Å²) in [6.07, 6.45) is 0. The van der Waals surface area contributed by atoms with Crippen molar-refractivity contribution < 1.29 is 0 Å². The third-order valence-corrected chi connectivity index (χ3v) is 2.56. The maximum Gasteiger partial charge on any atom is 0.245 e. The Morgan fingerprint density at radius 1 is 1.00 bits per heavy atom. The van der Waals surface area contributed by atoms with Gasteiger partial charge in [0.05, 0.1) is 5.69 Å². The molecule has 5 heteroatoms. The lowest BCUT2D eigenvalue weighted by atomic mass is 10.1. The predicted octanol–water partition coefficient (Wildman–Crippen LogP) is 1.83. The number of benzene rings is 1. The van der Waals surface area contributed by atoms with Crippen LogP contribution in [0.25, 0.3) is 16.9 Å². The van der Waals surface area contributed by atoms with Crippen LogP contribution in [0.15, 0.2) is 42.5 Å². The lowest BCUT2D eigenvalue weighted by molar-refractivity contribution is 0.937. The first-order valence-corrected chi connectivity index (χ1v) is 5.34. The van der Waals surface area contributed by atoms with Gasteiger partial charge in [0.15, 0.2) is 5.65 Å². The van der Waals surface area contributed by atoms with E-state index in [1.165, 1.54) is 0 Å². The Bertz CT molecular complexity index is 644. The molecule has 0 saturated heterocycles. The first-order chi connectivity index (χ1) is 8.38. The highest BCUT2D eigenvalue weighted by Gasteiger charge is 2.06.